The van der Waals surface area contributed by atoms with E-state index in [1.807, 2.05) is 43.3 Å². The van der Waals surface area contributed by atoms with Crippen molar-refractivity contribution in [3.05, 3.63) is 63.8 Å². The number of oxazole rings is 1. The summed E-state index contributed by atoms with van der Waals surface area (Å²) in [5.41, 5.74) is 1.49. The summed E-state index contributed by atoms with van der Waals surface area (Å²) in [4.78, 5) is 17.0. The minimum absolute atomic E-state index is 0.243. The maximum absolute atomic E-state index is 12.2. The van der Waals surface area contributed by atoms with E-state index in [9.17, 15) is 9.90 Å². The Labute approximate surface area is 183 Å². The third-order valence-corrected chi connectivity index (χ3v) is 6.62. The number of aromatic nitrogens is 1. The summed E-state index contributed by atoms with van der Waals surface area (Å²) in [7, 11) is 0. The van der Waals surface area contributed by atoms with Gasteiger partial charge in [0.1, 0.15) is 11.5 Å². The molecule has 0 aliphatic heterocycles. The fourth-order valence-electron chi connectivity index (χ4n) is 4.14. The van der Waals surface area contributed by atoms with Crippen molar-refractivity contribution in [2.75, 3.05) is 0 Å². The lowest BCUT2D eigenvalue weighted by molar-refractivity contribution is -0.151. The molecule has 6 heteroatoms. The van der Waals surface area contributed by atoms with E-state index in [1.54, 1.807) is 12.1 Å². The first-order chi connectivity index (χ1) is 13.9. The standard InChI is InChI=1S/C23H21BrClNO3/c1-23(22(27)28)12-3-2-7-18(23)20-19(14-8-10-16(24)11-9-14)26-21(29-20)15-5-4-6-17(25)13-15/h4-6,8-11,13,18H,2-3,7,12H2,1H3,(H,27,28). The average molecular weight is 475 g/mol. The highest BCUT2D eigenvalue weighted by molar-refractivity contribution is 9.10. The van der Waals surface area contributed by atoms with Crippen LogP contribution >= 0.6 is 27.5 Å². The third kappa shape index (κ3) is 3.86. The molecule has 1 heterocycles. The van der Waals surface area contributed by atoms with Gasteiger partial charge in [0.25, 0.3) is 0 Å². The smallest absolute Gasteiger partial charge is 0.310 e. The summed E-state index contributed by atoms with van der Waals surface area (Å²) in [6.07, 6.45) is 3.26. The molecule has 2 unspecified atom stereocenters. The Balaban J connectivity index is 1.89. The molecule has 3 aromatic rings. The average Bonchev–Trinajstić information content (AvgIpc) is 3.14. The maximum Gasteiger partial charge on any atom is 0.310 e. The van der Waals surface area contributed by atoms with Crippen molar-refractivity contribution in [2.45, 2.75) is 38.5 Å². The van der Waals surface area contributed by atoms with Crippen LogP contribution in [-0.4, -0.2) is 16.1 Å². The van der Waals surface area contributed by atoms with Gasteiger partial charge in [0, 0.05) is 26.5 Å². The molecule has 2 aromatic carbocycles. The highest BCUT2D eigenvalue weighted by atomic mass is 79.9. The van der Waals surface area contributed by atoms with Crippen LogP contribution in [0.1, 0.15) is 44.3 Å². The van der Waals surface area contributed by atoms with Crippen LogP contribution in [0, 0.1) is 5.41 Å². The number of benzene rings is 2. The van der Waals surface area contributed by atoms with E-state index in [4.69, 9.17) is 21.0 Å². The Hall–Kier alpha value is -2.11. The first kappa shape index (κ1) is 20.2. The van der Waals surface area contributed by atoms with Gasteiger partial charge in [-0.25, -0.2) is 4.98 Å². The van der Waals surface area contributed by atoms with Gasteiger partial charge in [-0.2, -0.15) is 0 Å². The lowest BCUT2D eigenvalue weighted by Gasteiger charge is -2.36. The highest BCUT2D eigenvalue weighted by Crippen LogP contribution is 2.50. The Kier molecular flexibility index (Phi) is 5.54. The molecule has 0 bridgehead atoms. The molecule has 4 rings (SSSR count). The van der Waals surface area contributed by atoms with E-state index in [0.717, 1.165) is 34.9 Å². The summed E-state index contributed by atoms with van der Waals surface area (Å²) in [6, 6.07) is 15.2. The number of rotatable bonds is 4. The van der Waals surface area contributed by atoms with Crippen LogP contribution in [0.2, 0.25) is 5.02 Å². The largest absolute Gasteiger partial charge is 0.481 e. The topological polar surface area (TPSA) is 63.3 Å². The van der Waals surface area contributed by atoms with Crippen LogP contribution in [-0.2, 0) is 4.79 Å². The van der Waals surface area contributed by atoms with Gasteiger partial charge >= 0.3 is 5.97 Å². The van der Waals surface area contributed by atoms with Gasteiger partial charge in [0.2, 0.25) is 5.89 Å². The highest BCUT2D eigenvalue weighted by Gasteiger charge is 2.46. The normalized spacial score (nSPS) is 21.8. The van der Waals surface area contributed by atoms with Crippen molar-refractivity contribution < 1.29 is 14.3 Å². The molecule has 1 N–H and O–H groups in total. The van der Waals surface area contributed by atoms with E-state index in [-0.39, 0.29) is 5.92 Å². The van der Waals surface area contributed by atoms with Crippen LogP contribution < -0.4 is 0 Å². The third-order valence-electron chi connectivity index (χ3n) is 5.86. The molecule has 29 heavy (non-hydrogen) atoms. The second-order valence-electron chi connectivity index (χ2n) is 7.77. The first-order valence-corrected chi connectivity index (χ1v) is 10.8. The van der Waals surface area contributed by atoms with Crippen molar-refractivity contribution in [2.24, 2.45) is 5.41 Å². The molecule has 2 atom stereocenters. The molecule has 0 amide bonds. The van der Waals surface area contributed by atoms with Crippen LogP contribution in [0.3, 0.4) is 0 Å². The minimum atomic E-state index is -0.881. The van der Waals surface area contributed by atoms with Gasteiger partial charge < -0.3 is 9.52 Å². The molecular formula is C23H21BrClNO3. The monoisotopic (exact) mass is 473 g/mol. The van der Waals surface area contributed by atoms with E-state index in [2.05, 4.69) is 15.9 Å². The number of halogens is 2. The quantitative estimate of drug-likeness (QED) is 0.435. The van der Waals surface area contributed by atoms with Crippen LogP contribution in [0.4, 0.5) is 0 Å². The minimum Gasteiger partial charge on any atom is -0.481 e. The lowest BCUT2D eigenvalue weighted by atomic mass is 9.66. The molecule has 1 aromatic heterocycles. The first-order valence-electron chi connectivity index (χ1n) is 9.64. The Morgan fingerprint density at radius 3 is 2.66 bits per heavy atom. The molecule has 0 spiro atoms. The van der Waals surface area contributed by atoms with Crippen molar-refractivity contribution >= 4 is 33.5 Å². The summed E-state index contributed by atoms with van der Waals surface area (Å²) >= 11 is 9.62. The Morgan fingerprint density at radius 2 is 1.97 bits per heavy atom. The van der Waals surface area contributed by atoms with E-state index < -0.39 is 11.4 Å². The Morgan fingerprint density at radius 1 is 1.21 bits per heavy atom. The van der Waals surface area contributed by atoms with Gasteiger partial charge in [-0.15, -0.1) is 0 Å². The second-order valence-corrected chi connectivity index (χ2v) is 9.12. The van der Waals surface area contributed by atoms with Crippen molar-refractivity contribution in [1.29, 1.82) is 0 Å². The van der Waals surface area contributed by atoms with Crippen molar-refractivity contribution in [1.82, 2.24) is 4.98 Å². The SMILES string of the molecule is CC1(C(=O)O)CCCCC1c1oc(-c2cccc(Cl)c2)nc1-c1ccc(Br)cc1. The molecular weight excluding hydrogens is 454 g/mol. The zero-order chi connectivity index (χ0) is 20.6. The molecule has 1 aliphatic rings. The van der Waals surface area contributed by atoms with E-state index in [0.29, 0.717) is 28.8 Å². The summed E-state index contributed by atoms with van der Waals surface area (Å²) in [5, 5.41) is 10.6. The molecule has 1 fully saturated rings. The number of aliphatic carboxylic acids is 1. The van der Waals surface area contributed by atoms with Gasteiger partial charge in [-0.3, -0.25) is 4.79 Å². The number of hydrogen-bond acceptors (Lipinski definition) is 3. The van der Waals surface area contributed by atoms with Crippen molar-refractivity contribution in [3.8, 4) is 22.7 Å². The number of nitrogens with zero attached hydrogens (tertiary/aromatic N) is 1. The summed E-state index contributed by atoms with van der Waals surface area (Å²) in [6.45, 7) is 1.83. The van der Waals surface area contributed by atoms with E-state index >= 15 is 0 Å². The number of carboxylic acid groups (broad SMARTS) is 1. The number of carboxylic acids is 1. The summed E-state index contributed by atoms with van der Waals surface area (Å²) in [5.74, 6) is 0.0723. The van der Waals surface area contributed by atoms with Gasteiger partial charge in [-0.1, -0.05) is 58.6 Å². The predicted molar refractivity (Wildman–Crippen MR) is 117 cm³/mol. The van der Waals surface area contributed by atoms with E-state index in [1.165, 1.54) is 0 Å². The Bertz CT molecular complexity index is 1050. The predicted octanol–water partition coefficient (Wildman–Crippen LogP) is 7.17. The van der Waals surface area contributed by atoms with Gasteiger partial charge in [0.15, 0.2) is 0 Å². The zero-order valence-electron chi connectivity index (χ0n) is 16.0. The number of hydrogen-bond donors (Lipinski definition) is 1. The molecule has 0 radical (unpaired) electrons. The van der Waals surface area contributed by atoms with Crippen LogP contribution in [0.25, 0.3) is 22.7 Å². The lowest BCUT2D eigenvalue weighted by Crippen LogP contribution is -2.37. The summed E-state index contributed by atoms with van der Waals surface area (Å²) < 4.78 is 7.25. The molecule has 150 valence electrons. The van der Waals surface area contributed by atoms with Crippen LogP contribution in [0.15, 0.2) is 57.4 Å². The molecule has 0 saturated heterocycles. The molecule has 1 saturated carbocycles. The van der Waals surface area contributed by atoms with Gasteiger partial charge in [-0.05, 0) is 50.1 Å². The zero-order valence-corrected chi connectivity index (χ0v) is 18.3. The van der Waals surface area contributed by atoms with Crippen LogP contribution in [0.5, 0.6) is 0 Å². The molecule has 4 nitrogen and oxygen atoms in total. The maximum atomic E-state index is 12.2. The molecule has 1 aliphatic carbocycles. The van der Waals surface area contributed by atoms with Crippen molar-refractivity contribution in [3.63, 3.8) is 0 Å². The number of carbonyl (C=O) groups is 1. The fourth-order valence-corrected chi connectivity index (χ4v) is 4.59. The van der Waals surface area contributed by atoms with Gasteiger partial charge in [0.05, 0.1) is 5.41 Å². The second kappa shape index (κ2) is 7.96. The fraction of sp³-hybridized carbons (Fsp3) is 0.304.